The molecule has 0 fully saturated rings. The van der Waals surface area contributed by atoms with E-state index in [0.717, 1.165) is 3.97 Å². The molecule has 0 aliphatic rings. The van der Waals surface area contributed by atoms with E-state index in [-0.39, 0.29) is 5.56 Å². The summed E-state index contributed by atoms with van der Waals surface area (Å²) in [6, 6.07) is 0. The van der Waals surface area contributed by atoms with Crippen LogP contribution in [0.4, 0.5) is 0 Å². The van der Waals surface area contributed by atoms with Crippen LogP contribution < -0.4 is 0 Å². The van der Waals surface area contributed by atoms with Crippen LogP contribution in [-0.4, -0.2) is 28.7 Å². The van der Waals surface area contributed by atoms with E-state index in [1.165, 1.54) is 6.20 Å². The number of carboxylic acids is 1. The van der Waals surface area contributed by atoms with Crippen LogP contribution in [0.3, 0.4) is 0 Å². The van der Waals surface area contributed by atoms with Gasteiger partial charge in [0.2, 0.25) is 10.0 Å². The third-order valence-corrected chi connectivity index (χ3v) is 4.74. The van der Waals surface area contributed by atoms with E-state index < -0.39 is 21.2 Å². The van der Waals surface area contributed by atoms with Gasteiger partial charge in [-0.2, -0.15) is 0 Å². The van der Waals surface area contributed by atoms with Gasteiger partial charge in [0.15, 0.2) is 0 Å². The summed E-state index contributed by atoms with van der Waals surface area (Å²) < 4.78 is 24.9. The minimum Gasteiger partial charge on any atom is -0.478 e. The van der Waals surface area contributed by atoms with Crippen LogP contribution >= 0.6 is 0 Å². The van der Waals surface area contributed by atoms with Gasteiger partial charge in [0.25, 0.3) is 0 Å². The summed E-state index contributed by atoms with van der Waals surface area (Å²) in [7, 11) is -3.49. The van der Waals surface area contributed by atoms with Gasteiger partial charge in [-0.3, -0.25) is 0 Å². The molecule has 1 N–H and O–H groups in total. The lowest BCUT2D eigenvalue weighted by Gasteiger charge is -2.10. The fourth-order valence-electron chi connectivity index (χ4n) is 1.38. The molecule has 0 atom stereocenters. The first-order valence-electron chi connectivity index (χ1n) is 4.85. The highest BCUT2D eigenvalue weighted by molar-refractivity contribution is 7.90. The van der Waals surface area contributed by atoms with E-state index in [1.807, 2.05) is 0 Å². The van der Waals surface area contributed by atoms with Crippen molar-refractivity contribution in [3.8, 4) is 0 Å². The number of rotatable bonds is 3. The van der Waals surface area contributed by atoms with Gasteiger partial charge in [-0.1, -0.05) is 0 Å². The highest BCUT2D eigenvalue weighted by Crippen LogP contribution is 2.19. The van der Waals surface area contributed by atoms with Crippen LogP contribution in [0.25, 0.3) is 0 Å². The van der Waals surface area contributed by atoms with Gasteiger partial charge in [0.1, 0.15) is 0 Å². The smallest absolute Gasteiger partial charge is 0.337 e. The Bertz CT molecular complexity index is 525. The molecule has 90 valence electrons. The predicted octanol–water partition coefficient (Wildman–Crippen LogP) is 1.39. The normalized spacial score (nSPS) is 12.1. The van der Waals surface area contributed by atoms with Crippen molar-refractivity contribution >= 4 is 16.0 Å². The molecule has 6 heteroatoms. The lowest BCUT2D eigenvalue weighted by Crippen LogP contribution is -2.22. The van der Waals surface area contributed by atoms with Gasteiger partial charge in [-0.25, -0.2) is 17.2 Å². The molecule has 1 aromatic heterocycles. The third kappa shape index (κ3) is 1.84. The van der Waals surface area contributed by atoms with Gasteiger partial charge in [0.05, 0.1) is 10.8 Å². The van der Waals surface area contributed by atoms with Crippen molar-refractivity contribution in [2.75, 3.05) is 0 Å². The maximum Gasteiger partial charge on any atom is 0.337 e. The maximum absolute atomic E-state index is 11.9. The standard InChI is InChI=1S/C10H15NO4S/c1-6(2)16(14,15)11-5-9(10(12)13)7(3)8(11)4/h5-6H,1-4H3,(H,12,13). The zero-order valence-electron chi connectivity index (χ0n) is 9.68. The Balaban J connectivity index is 3.50. The van der Waals surface area contributed by atoms with Crippen molar-refractivity contribution in [2.45, 2.75) is 32.9 Å². The first-order valence-corrected chi connectivity index (χ1v) is 6.36. The van der Waals surface area contributed by atoms with Crippen molar-refractivity contribution in [3.63, 3.8) is 0 Å². The Morgan fingerprint density at radius 3 is 2.19 bits per heavy atom. The molecule has 1 heterocycles. The molecule has 1 rings (SSSR count). The second-order valence-electron chi connectivity index (χ2n) is 3.95. The molecule has 0 radical (unpaired) electrons. The molecule has 0 unspecified atom stereocenters. The van der Waals surface area contributed by atoms with Crippen molar-refractivity contribution < 1.29 is 18.3 Å². The fraction of sp³-hybridized carbons (Fsp3) is 0.500. The summed E-state index contributed by atoms with van der Waals surface area (Å²) in [6.45, 7) is 6.32. The Kier molecular flexibility index (Phi) is 3.14. The lowest BCUT2D eigenvalue weighted by atomic mass is 10.2. The molecule has 0 bridgehead atoms. The number of hydrogen-bond donors (Lipinski definition) is 1. The number of aromatic carboxylic acids is 1. The highest BCUT2D eigenvalue weighted by Gasteiger charge is 2.24. The third-order valence-electron chi connectivity index (χ3n) is 2.62. The van der Waals surface area contributed by atoms with Gasteiger partial charge in [-0.05, 0) is 33.3 Å². The second-order valence-corrected chi connectivity index (χ2v) is 6.31. The number of aromatic nitrogens is 1. The summed E-state index contributed by atoms with van der Waals surface area (Å²) in [5.41, 5.74) is 0.963. The van der Waals surface area contributed by atoms with E-state index in [2.05, 4.69) is 0 Å². The fourth-order valence-corrected chi connectivity index (χ4v) is 2.60. The van der Waals surface area contributed by atoms with Crippen LogP contribution in [-0.2, 0) is 10.0 Å². The molecule has 0 aromatic carbocycles. The SMILES string of the molecule is Cc1c(C(=O)O)cn(S(=O)(=O)C(C)C)c1C. The lowest BCUT2D eigenvalue weighted by molar-refractivity contribution is 0.0696. The minimum atomic E-state index is -3.49. The van der Waals surface area contributed by atoms with Crippen molar-refractivity contribution in [3.05, 3.63) is 23.0 Å². The van der Waals surface area contributed by atoms with E-state index in [0.29, 0.717) is 11.3 Å². The van der Waals surface area contributed by atoms with Crippen LogP contribution in [0, 0.1) is 13.8 Å². The highest BCUT2D eigenvalue weighted by atomic mass is 32.2. The molecule has 5 nitrogen and oxygen atoms in total. The summed E-state index contributed by atoms with van der Waals surface area (Å²) in [4.78, 5) is 10.9. The Morgan fingerprint density at radius 1 is 1.38 bits per heavy atom. The van der Waals surface area contributed by atoms with Gasteiger partial charge >= 0.3 is 5.97 Å². The Hall–Kier alpha value is -1.30. The van der Waals surface area contributed by atoms with Crippen LogP contribution in [0.15, 0.2) is 6.20 Å². The van der Waals surface area contributed by atoms with E-state index in [1.54, 1.807) is 27.7 Å². The molecule has 0 saturated heterocycles. The van der Waals surface area contributed by atoms with Crippen LogP contribution in [0.1, 0.15) is 35.5 Å². The summed E-state index contributed by atoms with van der Waals surface area (Å²) in [6.07, 6.45) is 1.17. The quantitative estimate of drug-likeness (QED) is 0.873. The molecule has 0 amide bonds. The molecule has 0 saturated carbocycles. The number of hydrogen-bond acceptors (Lipinski definition) is 3. The summed E-state index contributed by atoms with van der Waals surface area (Å²) >= 11 is 0. The van der Waals surface area contributed by atoms with E-state index in [9.17, 15) is 13.2 Å². The average molecular weight is 245 g/mol. The van der Waals surface area contributed by atoms with E-state index >= 15 is 0 Å². The van der Waals surface area contributed by atoms with Crippen LogP contribution in [0.5, 0.6) is 0 Å². The molecule has 0 aliphatic heterocycles. The second kappa shape index (κ2) is 3.93. The zero-order valence-corrected chi connectivity index (χ0v) is 10.5. The van der Waals surface area contributed by atoms with Crippen molar-refractivity contribution in [1.29, 1.82) is 0 Å². The molecule has 0 aliphatic carbocycles. The minimum absolute atomic E-state index is 0.0294. The van der Waals surface area contributed by atoms with Gasteiger partial charge in [0, 0.05) is 11.9 Å². The van der Waals surface area contributed by atoms with Crippen molar-refractivity contribution in [2.24, 2.45) is 0 Å². The maximum atomic E-state index is 11.9. The Morgan fingerprint density at radius 2 is 1.88 bits per heavy atom. The predicted molar refractivity (Wildman–Crippen MR) is 60.3 cm³/mol. The molecular formula is C10H15NO4S. The number of carboxylic acid groups (broad SMARTS) is 1. The van der Waals surface area contributed by atoms with E-state index in [4.69, 9.17) is 5.11 Å². The average Bonchev–Trinajstić information content (AvgIpc) is 2.44. The van der Waals surface area contributed by atoms with Gasteiger partial charge in [-0.15, -0.1) is 0 Å². The van der Waals surface area contributed by atoms with Crippen LogP contribution in [0.2, 0.25) is 0 Å². The molecule has 16 heavy (non-hydrogen) atoms. The number of nitrogens with zero attached hydrogens (tertiary/aromatic N) is 1. The Labute approximate surface area is 94.8 Å². The zero-order chi connectivity index (χ0) is 12.7. The monoisotopic (exact) mass is 245 g/mol. The topological polar surface area (TPSA) is 76.4 Å². The molecule has 0 spiro atoms. The summed E-state index contributed by atoms with van der Waals surface area (Å²) in [5.74, 6) is -1.11. The first-order chi connectivity index (χ1) is 7.19. The largest absolute Gasteiger partial charge is 0.478 e. The first kappa shape index (κ1) is 12.8. The van der Waals surface area contributed by atoms with Crippen molar-refractivity contribution in [1.82, 2.24) is 3.97 Å². The number of carbonyl (C=O) groups is 1. The van der Waals surface area contributed by atoms with Gasteiger partial charge < -0.3 is 5.11 Å². The molecular weight excluding hydrogens is 230 g/mol. The summed E-state index contributed by atoms with van der Waals surface area (Å²) in [5, 5.41) is 8.32. The molecule has 1 aromatic rings.